The van der Waals surface area contributed by atoms with Gasteiger partial charge in [0, 0.05) is 52.0 Å². The van der Waals surface area contributed by atoms with E-state index in [1.165, 1.54) is 5.01 Å². The van der Waals surface area contributed by atoms with E-state index in [0.29, 0.717) is 24.6 Å². The van der Waals surface area contributed by atoms with Crippen molar-refractivity contribution in [3.8, 4) is 0 Å². The molecule has 1 saturated heterocycles. The molecule has 202 valence electrons. The molecule has 1 atom stereocenters. The molecule has 1 aliphatic rings. The monoisotopic (exact) mass is 530 g/mol. The van der Waals surface area contributed by atoms with Gasteiger partial charge in [-0.2, -0.15) is 11.3 Å². The van der Waals surface area contributed by atoms with Gasteiger partial charge in [-0.05, 0) is 73.6 Å². The highest BCUT2D eigenvalue weighted by molar-refractivity contribution is 7.07. The molecule has 0 unspecified atom stereocenters. The summed E-state index contributed by atoms with van der Waals surface area (Å²) in [5.74, 6) is -0.438. The van der Waals surface area contributed by atoms with Crippen LogP contribution < -0.4 is 22.0 Å². The van der Waals surface area contributed by atoms with E-state index in [4.69, 9.17) is 5.73 Å². The summed E-state index contributed by atoms with van der Waals surface area (Å²) in [4.78, 5) is 45.5. The first-order valence-corrected chi connectivity index (χ1v) is 13.4. The summed E-state index contributed by atoms with van der Waals surface area (Å²) in [6, 6.07) is 3.30. The number of hydrogen-bond acceptors (Lipinski definition) is 7. The van der Waals surface area contributed by atoms with E-state index in [0.717, 1.165) is 49.2 Å². The van der Waals surface area contributed by atoms with Crippen molar-refractivity contribution in [2.24, 2.45) is 5.73 Å². The summed E-state index contributed by atoms with van der Waals surface area (Å²) in [7, 11) is 3.38. The van der Waals surface area contributed by atoms with Gasteiger partial charge in [-0.25, -0.2) is 25.4 Å². The number of pyridine rings is 1. The number of likely N-dealkylation sites (tertiary alicyclic amines) is 1. The Morgan fingerprint density at radius 1 is 1.22 bits per heavy atom. The maximum absolute atomic E-state index is 13.1. The maximum atomic E-state index is 13.1. The van der Waals surface area contributed by atoms with Crippen LogP contribution in [0.5, 0.6) is 0 Å². The molecule has 5 amide bonds. The Morgan fingerprint density at radius 3 is 2.57 bits per heavy atom. The van der Waals surface area contributed by atoms with Crippen LogP contribution in [-0.4, -0.2) is 77.0 Å². The Hall–Kier alpha value is -3.22. The molecule has 37 heavy (non-hydrogen) atoms. The van der Waals surface area contributed by atoms with Crippen LogP contribution in [-0.2, 0) is 13.0 Å². The van der Waals surface area contributed by atoms with Gasteiger partial charge in [0.05, 0.1) is 11.3 Å². The van der Waals surface area contributed by atoms with E-state index < -0.39 is 11.9 Å². The maximum Gasteiger partial charge on any atom is 0.348 e. The molecule has 3 rings (SSSR count). The second-order valence-electron chi connectivity index (χ2n) is 9.62. The summed E-state index contributed by atoms with van der Waals surface area (Å²) < 4.78 is 0. The largest absolute Gasteiger partial charge is 0.366 e. The number of nitrogens with one attached hydrogen (secondary N) is 3. The van der Waals surface area contributed by atoms with Crippen molar-refractivity contribution in [3.05, 3.63) is 51.5 Å². The molecule has 3 heterocycles. The van der Waals surface area contributed by atoms with Gasteiger partial charge in [0.25, 0.3) is 5.91 Å². The minimum Gasteiger partial charge on any atom is -0.366 e. The van der Waals surface area contributed by atoms with Crippen LogP contribution in [0.1, 0.15) is 53.4 Å². The van der Waals surface area contributed by atoms with E-state index in [1.54, 1.807) is 42.6 Å². The number of aromatic nitrogens is 1. The third kappa shape index (κ3) is 8.14. The van der Waals surface area contributed by atoms with Crippen molar-refractivity contribution < 1.29 is 14.4 Å². The predicted molar refractivity (Wildman–Crippen MR) is 144 cm³/mol. The summed E-state index contributed by atoms with van der Waals surface area (Å²) in [5, 5.41) is 5.51. The number of carbonyl (C=O) groups is 3. The van der Waals surface area contributed by atoms with Crippen LogP contribution in [0.2, 0.25) is 0 Å². The van der Waals surface area contributed by atoms with Crippen molar-refractivity contribution in [1.82, 2.24) is 36.1 Å². The van der Waals surface area contributed by atoms with Crippen LogP contribution in [0.25, 0.3) is 0 Å². The fraction of sp³-hybridized carbons (Fsp3) is 0.520. The van der Waals surface area contributed by atoms with E-state index in [1.807, 2.05) is 23.8 Å². The van der Waals surface area contributed by atoms with Gasteiger partial charge >= 0.3 is 12.1 Å². The van der Waals surface area contributed by atoms with Gasteiger partial charge in [-0.15, -0.1) is 0 Å². The van der Waals surface area contributed by atoms with E-state index in [2.05, 4.69) is 33.1 Å². The van der Waals surface area contributed by atoms with E-state index >= 15 is 0 Å². The first kappa shape index (κ1) is 28.4. The standard InChI is InChI=1S/C25H38N8O3S/c1-17-7-11-27-21(22(17)23(26)34)6-5-18(2)32-12-8-20(9-13-32)33(15-19-10-14-37-16-19)25(36)29-28-24(35)30-31(3)4/h7,10-11,14,16,18,20H,5-6,8-9,12-13,15H2,1-4H3,(H2,26,34)(H,29,36)(H2,28,30,35)/t18-/m1/s1. The molecule has 5 N–H and O–H groups in total. The van der Waals surface area contributed by atoms with Gasteiger partial charge in [-0.1, -0.05) is 0 Å². The second kappa shape index (κ2) is 13.4. The molecule has 0 spiro atoms. The zero-order chi connectivity index (χ0) is 26.9. The lowest BCUT2D eigenvalue weighted by Crippen LogP contribution is -2.57. The molecule has 2 aromatic rings. The molecule has 0 aromatic carbocycles. The van der Waals surface area contributed by atoms with E-state index in [-0.39, 0.29) is 12.1 Å². The van der Waals surface area contributed by atoms with Crippen LogP contribution in [0.3, 0.4) is 0 Å². The van der Waals surface area contributed by atoms with Gasteiger partial charge in [-0.3, -0.25) is 15.2 Å². The lowest BCUT2D eigenvalue weighted by Gasteiger charge is -2.40. The molecule has 0 saturated carbocycles. The second-order valence-corrected chi connectivity index (χ2v) is 10.4. The molecule has 0 aliphatic carbocycles. The number of rotatable bonds is 9. The van der Waals surface area contributed by atoms with Crippen molar-refractivity contribution in [2.75, 3.05) is 27.2 Å². The first-order chi connectivity index (χ1) is 17.7. The molecule has 2 aromatic heterocycles. The number of hydrogen-bond donors (Lipinski definition) is 4. The zero-order valence-corrected chi connectivity index (χ0v) is 22.8. The average Bonchev–Trinajstić information content (AvgIpc) is 3.37. The predicted octanol–water partition coefficient (Wildman–Crippen LogP) is 2.24. The van der Waals surface area contributed by atoms with Crippen molar-refractivity contribution >= 4 is 29.3 Å². The lowest BCUT2D eigenvalue weighted by atomic mass is 9.98. The normalized spacial score (nSPS) is 15.3. The van der Waals surface area contributed by atoms with Crippen molar-refractivity contribution in [1.29, 1.82) is 0 Å². The molecule has 0 radical (unpaired) electrons. The Labute approximate surface area is 222 Å². The highest BCUT2D eigenvalue weighted by Gasteiger charge is 2.30. The van der Waals surface area contributed by atoms with Gasteiger partial charge in [0.1, 0.15) is 0 Å². The summed E-state index contributed by atoms with van der Waals surface area (Å²) >= 11 is 1.59. The highest BCUT2D eigenvalue weighted by Crippen LogP contribution is 2.23. The number of aryl methyl sites for hydroxylation is 2. The molecule has 12 heteroatoms. The topological polar surface area (TPSA) is 136 Å². The van der Waals surface area contributed by atoms with Crippen molar-refractivity contribution in [3.63, 3.8) is 0 Å². The average molecular weight is 531 g/mol. The summed E-state index contributed by atoms with van der Waals surface area (Å²) in [6.45, 7) is 6.22. The Morgan fingerprint density at radius 2 is 1.95 bits per heavy atom. The summed E-state index contributed by atoms with van der Waals surface area (Å²) in [6.07, 6.45) is 4.89. The van der Waals surface area contributed by atoms with Crippen LogP contribution in [0, 0.1) is 6.92 Å². The Kier molecular flexibility index (Phi) is 10.2. The highest BCUT2D eigenvalue weighted by atomic mass is 32.1. The molecular formula is C25H38N8O3S. The number of hydrazine groups is 2. The lowest BCUT2D eigenvalue weighted by molar-refractivity contribution is 0.0931. The molecule has 1 fully saturated rings. The van der Waals surface area contributed by atoms with Crippen LogP contribution >= 0.6 is 11.3 Å². The molecule has 11 nitrogen and oxygen atoms in total. The SMILES string of the molecule is Cc1ccnc(CC[C@@H](C)N2CCC(N(Cc3ccsc3)C(=O)NNC(=O)NN(C)C)CC2)c1C(N)=O. The number of piperidine rings is 1. The minimum absolute atomic E-state index is 0.0435. The summed E-state index contributed by atoms with van der Waals surface area (Å²) in [5.41, 5.74) is 16.2. The Bertz CT molecular complexity index is 1050. The number of nitrogens with zero attached hydrogens (tertiary/aromatic N) is 4. The van der Waals surface area contributed by atoms with Gasteiger partial charge in [0.15, 0.2) is 0 Å². The quantitative estimate of drug-likeness (QED) is 0.367. The number of thiophene rings is 1. The number of urea groups is 2. The minimum atomic E-state index is -0.514. The number of nitrogens with two attached hydrogens (primary N) is 1. The van der Waals surface area contributed by atoms with Crippen LogP contribution in [0.15, 0.2) is 29.1 Å². The van der Waals surface area contributed by atoms with Gasteiger partial charge in [0.2, 0.25) is 0 Å². The third-order valence-electron chi connectivity index (χ3n) is 6.65. The molecular weight excluding hydrogens is 492 g/mol. The Balaban J connectivity index is 1.57. The van der Waals surface area contributed by atoms with Crippen molar-refractivity contribution in [2.45, 2.75) is 58.2 Å². The number of carbonyl (C=O) groups excluding carboxylic acids is 3. The fourth-order valence-corrected chi connectivity index (χ4v) is 5.33. The van der Waals surface area contributed by atoms with Gasteiger partial charge < -0.3 is 15.5 Å². The third-order valence-corrected chi connectivity index (χ3v) is 7.38. The first-order valence-electron chi connectivity index (χ1n) is 12.5. The van der Waals surface area contributed by atoms with Crippen LogP contribution in [0.4, 0.5) is 9.59 Å². The molecule has 1 aliphatic heterocycles. The molecule has 0 bridgehead atoms. The smallest absolute Gasteiger partial charge is 0.348 e. The number of amides is 5. The van der Waals surface area contributed by atoms with E-state index in [9.17, 15) is 14.4 Å². The fourth-order valence-electron chi connectivity index (χ4n) is 4.67. The number of primary amides is 1. The zero-order valence-electron chi connectivity index (χ0n) is 22.0.